The van der Waals surface area contributed by atoms with Crippen LogP contribution in [0, 0.1) is 12.3 Å². The number of benzene rings is 1. The van der Waals surface area contributed by atoms with Gasteiger partial charge in [-0.05, 0) is 48.9 Å². The van der Waals surface area contributed by atoms with Gasteiger partial charge in [-0.15, -0.1) is 6.42 Å². The molecule has 1 saturated heterocycles. The Bertz CT molecular complexity index is 732. The van der Waals surface area contributed by atoms with Gasteiger partial charge in [-0.25, -0.2) is 0 Å². The molecule has 24 heavy (non-hydrogen) atoms. The van der Waals surface area contributed by atoms with E-state index in [1.54, 1.807) is 18.2 Å². The standard InChI is InChI=1S/C17H15Cl2NO3S/c1-4-6-23-15-12(18)7-11(8-13(15)19)9-14-16(21)20(10(3)5-2)17(22)24-14/h1,7-10H,5-6H2,2-3H3/t10-/m0/s1. The van der Waals surface area contributed by atoms with E-state index in [1.165, 1.54) is 4.90 Å². The Hall–Kier alpha value is -1.61. The maximum atomic E-state index is 12.4. The van der Waals surface area contributed by atoms with Crippen molar-refractivity contribution >= 4 is 52.2 Å². The lowest BCUT2D eigenvalue weighted by molar-refractivity contribution is -0.124. The fourth-order valence-corrected chi connectivity index (χ4v) is 3.65. The predicted molar refractivity (Wildman–Crippen MR) is 98.4 cm³/mol. The molecule has 0 radical (unpaired) electrons. The van der Waals surface area contributed by atoms with Crippen LogP contribution in [-0.2, 0) is 4.79 Å². The molecule has 0 bridgehead atoms. The predicted octanol–water partition coefficient (Wildman–Crippen LogP) is 4.84. The third-order valence-corrected chi connectivity index (χ3v) is 4.92. The second-order valence-electron chi connectivity index (χ2n) is 5.12. The molecule has 1 fully saturated rings. The van der Waals surface area contributed by atoms with Crippen LogP contribution < -0.4 is 4.74 Å². The van der Waals surface area contributed by atoms with Crippen LogP contribution in [0.4, 0.5) is 4.79 Å². The molecule has 1 aromatic rings. The summed E-state index contributed by atoms with van der Waals surface area (Å²) in [5.74, 6) is 2.32. The van der Waals surface area contributed by atoms with Crippen molar-refractivity contribution in [1.82, 2.24) is 4.90 Å². The second-order valence-corrected chi connectivity index (χ2v) is 6.92. The van der Waals surface area contributed by atoms with Gasteiger partial charge in [0.05, 0.1) is 15.0 Å². The average molecular weight is 384 g/mol. The van der Waals surface area contributed by atoms with Gasteiger partial charge in [-0.1, -0.05) is 36.0 Å². The second kappa shape index (κ2) is 7.98. The molecule has 0 unspecified atom stereocenters. The number of halogens is 2. The summed E-state index contributed by atoms with van der Waals surface area (Å²) in [7, 11) is 0. The Labute approximate surface area is 155 Å². The molecule has 0 saturated carbocycles. The number of terminal acetylenes is 1. The molecule has 0 aromatic heterocycles. The van der Waals surface area contributed by atoms with Gasteiger partial charge < -0.3 is 4.74 Å². The first-order valence-corrected chi connectivity index (χ1v) is 8.78. The molecule has 0 spiro atoms. The van der Waals surface area contributed by atoms with Crippen molar-refractivity contribution in [2.75, 3.05) is 6.61 Å². The van der Waals surface area contributed by atoms with Crippen LogP contribution in [0.5, 0.6) is 5.75 Å². The number of hydrogen-bond donors (Lipinski definition) is 0. The van der Waals surface area contributed by atoms with E-state index in [0.717, 1.165) is 11.8 Å². The van der Waals surface area contributed by atoms with E-state index in [0.29, 0.717) is 22.6 Å². The number of amides is 2. The molecule has 126 valence electrons. The van der Waals surface area contributed by atoms with Gasteiger partial charge in [0, 0.05) is 6.04 Å². The molecular weight excluding hydrogens is 369 g/mol. The minimum atomic E-state index is -0.306. The number of thioether (sulfide) groups is 1. The summed E-state index contributed by atoms with van der Waals surface area (Å²) in [6.45, 7) is 3.81. The van der Waals surface area contributed by atoms with Gasteiger partial charge in [0.2, 0.25) is 0 Å². The van der Waals surface area contributed by atoms with Gasteiger partial charge >= 0.3 is 0 Å². The summed E-state index contributed by atoms with van der Waals surface area (Å²) >= 11 is 13.2. The molecule has 1 aromatic carbocycles. The highest BCUT2D eigenvalue weighted by atomic mass is 35.5. The SMILES string of the molecule is C#CCOc1c(Cl)cc(C=C2SC(=O)N([C@@H](C)CC)C2=O)cc1Cl. The number of hydrogen-bond acceptors (Lipinski definition) is 4. The molecule has 4 nitrogen and oxygen atoms in total. The van der Waals surface area contributed by atoms with E-state index in [9.17, 15) is 9.59 Å². The van der Waals surface area contributed by atoms with E-state index in [4.69, 9.17) is 34.4 Å². The first-order valence-electron chi connectivity index (χ1n) is 7.21. The topological polar surface area (TPSA) is 46.6 Å². The zero-order valence-electron chi connectivity index (χ0n) is 13.1. The van der Waals surface area contributed by atoms with Crippen LogP contribution in [0.2, 0.25) is 10.0 Å². The number of imide groups is 1. The van der Waals surface area contributed by atoms with Crippen LogP contribution in [0.15, 0.2) is 17.0 Å². The molecule has 0 N–H and O–H groups in total. The van der Waals surface area contributed by atoms with E-state index < -0.39 is 0 Å². The fraction of sp³-hybridized carbons (Fsp3) is 0.294. The zero-order chi connectivity index (χ0) is 17.9. The Balaban J connectivity index is 2.31. The highest BCUT2D eigenvalue weighted by Gasteiger charge is 2.37. The highest BCUT2D eigenvalue weighted by molar-refractivity contribution is 8.18. The summed E-state index contributed by atoms with van der Waals surface area (Å²) in [6, 6.07) is 3.07. The number of carbonyl (C=O) groups is 2. The summed E-state index contributed by atoms with van der Waals surface area (Å²) in [5.41, 5.74) is 0.604. The quantitative estimate of drug-likeness (QED) is 0.538. The van der Waals surface area contributed by atoms with Gasteiger partial charge in [-0.3, -0.25) is 14.5 Å². The van der Waals surface area contributed by atoms with Crippen molar-refractivity contribution in [3.05, 3.63) is 32.6 Å². The van der Waals surface area contributed by atoms with Crippen molar-refractivity contribution in [1.29, 1.82) is 0 Å². The third-order valence-electron chi connectivity index (χ3n) is 3.47. The van der Waals surface area contributed by atoms with Gasteiger partial charge in [0.15, 0.2) is 5.75 Å². The lowest BCUT2D eigenvalue weighted by Gasteiger charge is -2.19. The molecule has 1 atom stereocenters. The lowest BCUT2D eigenvalue weighted by Crippen LogP contribution is -2.36. The van der Waals surface area contributed by atoms with E-state index >= 15 is 0 Å². The highest BCUT2D eigenvalue weighted by Crippen LogP contribution is 2.38. The Morgan fingerprint density at radius 2 is 2.00 bits per heavy atom. The summed E-state index contributed by atoms with van der Waals surface area (Å²) in [6.07, 6.45) is 7.44. The van der Waals surface area contributed by atoms with E-state index in [-0.39, 0.29) is 33.8 Å². The Morgan fingerprint density at radius 3 is 2.54 bits per heavy atom. The molecular formula is C17H15Cl2NO3S. The Morgan fingerprint density at radius 1 is 1.38 bits per heavy atom. The smallest absolute Gasteiger partial charge is 0.293 e. The fourth-order valence-electron chi connectivity index (χ4n) is 2.11. The van der Waals surface area contributed by atoms with Gasteiger partial charge in [0.1, 0.15) is 6.61 Å². The number of nitrogens with zero attached hydrogens (tertiary/aromatic N) is 1. The average Bonchev–Trinajstić information content (AvgIpc) is 2.80. The molecule has 0 aliphatic carbocycles. The van der Waals surface area contributed by atoms with Crippen molar-refractivity contribution in [3.8, 4) is 18.1 Å². The van der Waals surface area contributed by atoms with Crippen molar-refractivity contribution < 1.29 is 14.3 Å². The van der Waals surface area contributed by atoms with Crippen LogP contribution in [0.3, 0.4) is 0 Å². The lowest BCUT2D eigenvalue weighted by atomic mass is 10.2. The molecule has 7 heteroatoms. The third kappa shape index (κ3) is 3.89. The maximum absolute atomic E-state index is 12.4. The van der Waals surface area contributed by atoms with Crippen LogP contribution in [0.1, 0.15) is 25.8 Å². The number of ether oxygens (including phenoxy) is 1. The van der Waals surface area contributed by atoms with Gasteiger partial charge in [0.25, 0.3) is 11.1 Å². The summed E-state index contributed by atoms with van der Waals surface area (Å²) in [5, 5.41) is 0.294. The first-order chi connectivity index (χ1) is 11.4. The summed E-state index contributed by atoms with van der Waals surface area (Å²) < 4.78 is 5.29. The number of rotatable bonds is 5. The monoisotopic (exact) mass is 383 g/mol. The molecule has 1 aliphatic rings. The van der Waals surface area contributed by atoms with Crippen LogP contribution >= 0.6 is 35.0 Å². The van der Waals surface area contributed by atoms with E-state index in [1.807, 2.05) is 13.8 Å². The zero-order valence-corrected chi connectivity index (χ0v) is 15.5. The van der Waals surface area contributed by atoms with Crippen molar-refractivity contribution in [2.45, 2.75) is 26.3 Å². The van der Waals surface area contributed by atoms with Crippen molar-refractivity contribution in [2.24, 2.45) is 0 Å². The molecule has 2 rings (SSSR count). The maximum Gasteiger partial charge on any atom is 0.293 e. The minimum Gasteiger partial charge on any atom is -0.478 e. The molecule has 1 heterocycles. The minimum absolute atomic E-state index is 0.0482. The van der Waals surface area contributed by atoms with Gasteiger partial charge in [-0.2, -0.15) is 0 Å². The first kappa shape index (κ1) is 18.7. The Kier molecular flexibility index (Phi) is 6.22. The van der Waals surface area contributed by atoms with E-state index in [2.05, 4.69) is 5.92 Å². The molecule has 2 amide bonds. The summed E-state index contributed by atoms with van der Waals surface area (Å²) in [4.78, 5) is 26.0. The van der Waals surface area contributed by atoms with Crippen LogP contribution in [0.25, 0.3) is 6.08 Å². The van der Waals surface area contributed by atoms with Crippen molar-refractivity contribution in [3.63, 3.8) is 0 Å². The molecule has 1 aliphatic heterocycles. The largest absolute Gasteiger partial charge is 0.478 e. The van der Waals surface area contributed by atoms with Crippen LogP contribution in [-0.4, -0.2) is 28.7 Å². The number of carbonyl (C=O) groups excluding carboxylic acids is 2. The normalized spacial score (nSPS) is 17.3.